The predicted octanol–water partition coefficient (Wildman–Crippen LogP) is 2.49. The number of rotatable bonds is 3. The molecule has 4 aromatic rings. The number of hydrogen-bond donors (Lipinski definition) is 1. The lowest BCUT2D eigenvalue weighted by molar-refractivity contribution is 0.464. The Bertz CT molecular complexity index is 1220. The highest BCUT2D eigenvalue weighted by Gasteiger charge is 2.21. The van der Waals surface area contributed by atoms with E-state index >= 15 is 0 Å². The molecule has 2 N–H and O–H groups in total. The minimum Gasteiger partial charge on any atom is -0.383 e. The van der Waals surface area contributed by atoms with E-state index in [9.17, 15) is 0 Å². The van der Waals surface area contributed by atoms with E-state index in [1.165, 1.54) is 6.33 Å². The normalized spacial score (nSPS) is 12.5. The van der Waals surface area contributed by atoms with Crippen LogP contribution in [0.2, 0.25) is 0 Å². The number of nitrogens with two attached hydrogens (primary N) is 1. The van der Waals surface area contributed by atoms with Gasteiger partial charge < -0.3 is 10.1 Å². The zero-order valence-corrected chi connectivity index (χ0v) is 16.5. The van der Waals surface area contributed by atoms with Crippen molar-refractivity contribution in [2.45, 2.75) is 19.9 Å². The number of aryl methyl sites for hydroxylation is 1. The van der Waals surface area contributed by atoms with Gasteiger partial charge in [0, 0.05) is 17.3 Å². The molecule has 7 nitrogen and oxygen atoms in total. The van der Waals surface area contributed by atoms with Crippen LogP contribution in [0.25, 0.3) is 16.6 Å². The lowest BCUT2D eigenvalue weighted by atomic mass is 10.1. The Labute approximate surface area is 163 Å². The number of fused-ring (bicyclic) bond motifs is 2. The van der Waals surface area contributed by atoms with Gasteiger partial charge >= 0.3 is 0 Å². The molecule has 0 saturated carbocycles. The fourth-order valence-corrected chi connectivity index (χ4v) is 3.45. The van der Waals surface area contributed by atoms with Gasteiger partial charge in [-0.05, 0) is 52.1 Å². The maximum Gasteiger partial charge on any atom is 0.164 e. The van der Waals surface area contributed by atoms with Crippen molar-refractivity contribution in [1.29, 1.82) is 0 Å². The van der Waals surface area contributed by atoms with Crippen LogP contribution in [0, 0.1) is 18.8 Å². The third-order valence-electron chi connectivity index (χ3n) is 4.82. The molecule has 4 aromatic heterocycles. The molecule has 1 unspecified atom stereocenters. The zero-order chi connectivity index (χ0) is 19.8. The van der Waals surface area contributed by atoms with Gasteiger partial charge in [-0.15, -0.1) is 0 Å². The smallest absolute Gasteiger partial charge is 0.164 e. The van der Waals surface area contributed by atoms with Crippen LogP contribution < -0.4 is 5.73 Å². The lowest BCUT2D eigenvalue weighted by Crippen LogP contribution is -2.12. The van der Waals surface area contributed by atoms with E-state index in [4.69, 9.17) is 10.8 Å². The molecule has 142 valence electrons. The van der Waals surface area contributed by atoms with Crippen molar-refractivity contribution in [3.63, 3.8) is 0 Å². The first-order valence-corrected chi connectivity index (χ1v) is 9.16. The molecule has 0 aliphatic carbocycles. The number of aromatic nitrogens is 5. The van der Waals surface area contributed by atoms with Crippen molar-refractivity contribution in [3.8, 4) is 11.8 Å². The molecular formula is C21H23N7. The van der Waals surface area contributed by atoms with E-state index in [-0.39, 0.29) is 6.04 Å². The highest BCUT2D eigenvalue weighted by molar-refractivity contribution is 5.88. The maximum atomic E-state index is 6.06. The summed E-state index contributed by atoms with van der Waals surface area (Å²) in [6.07, 6.45) is 3.52. The van der Waals surface area contributed by atoms with Crippen LogP contribution in [0.5, 0.6) is 0 Å². The number of nitrogens with zero attached hydrogens (tertiary/aromatic N) is 6. The lowest BCUT2D eigenvalue weighted by Gasteiger charge is -2.13. The third-order valence-corrected chi connectivity index (χ3v) is 4.82. The van der Waals surface area contributed by atoms with Crippen molar-refractivity contribution in [1.82, 2.24) is 29.0 Å². The van der Waals surface area contributed by atoms with Crippen LogP contribution in [-0.4, -0.2) is 49.7 Å². The van der Waals surface area contributed by atoms with E-state index in [0.29, 0.717) is 12.4 Å². The van der Waals surface area contributed by atoms with Gasteiger partial charge in [-0.1, -0.05) is 12.0 Å². The third kappa shape index (κ3) is 2.98. The molecule has 0 aromatic carbocycles. The molecule has 7 heteroatoms. The summed E-state index contributed by atoms with van der Waals surface area (Å²) in [5.74, 6) is 7.07. The summed E-state index contributed by atoms with van der Waals surface area (Å²) in [7, 11) is 4.02. The predicted molar refractivity (Wildman–Crippen MR) is 111 cm³/mol. The Hall–Kier alpha value is -3.37. The average Bonchev–Trinajstić information content (AvgIpc) is 3.20. The van der Waals surface area contributed by atoms with Crippen molar-refractivity contribution < 1.29 is 0 Å². The summed E-state index contributed by atoms with van der Waals surface area (Å²) in [5.41, 5.74) is 10.8. The van der Waals surface area contributed by atoms with Gasteiger partial charge in [-0.2, -0.15) is 5.10 Å². The zero-order valence-electron chi connectivity index (χ0n) is 16.5. The molecule has 0 bridgehead atoms. The first-order chi connectivity index (χ1) is 13.5. The number of hydrogen-bond acceptors (Lipinski definition) is 5. The molecule has 0 radical (unpaired) electrons. The summed E-state index contributed by atoms with van der Waals surface area (Å²) in [6.45, 7) is 4.73. The quantitative estimate of drug-likeness (QED) is 0.558. The molecule has 0 saturated heterocycles. The fourth-order valence-electron chi connectivity index (χ4n) is 3.45. The number of nitrogen functional groups attached to an aromatic ring is 1. The molecule has 4 heterocycles. The topological polar surface area (TPSA) is 77.3 Å². The molecule has 28 heavy (non-hydrogen) atoms. The van der Waals surface area contributed by atoms with Crippen LogP contribution in [0.3, 0.4) is 0 Å². The van der Waals surface area contributed by atoms with Gasteiger partial charge in [0.1, 0.15) is 17.8 Å². The summed E-state index contributed by atoms with van der Waals surface area (Å²) >= 11 is 0. The standard InChI is InChI=1S/C21H23N7/c1-14-19-20(22)23-13-24-21(19)28(25-14)15(2)17-12-16-8-5-6-11-27(16)18(17)9-7-10-26(3)4/h5-6,8,11-13,15H,10H2,1-4H3,(H2,22,23,24). The first kappa shape index (κ1) is 18.0. The van der Waals surface area contributed by atoms with Crippen LogP contribution in [0.1, 0.15) is 29.9 Å². The van der Waals surface area contributed by atoms with Crippen LogP contribution in [0.15, 0.2) is 36.8 Å². The van der Waals surface area contributed by atoms with Gasteiger partial charge in [-0.3, -0.25) is 4.90 Å². The summed E-state index contributed by atoms with van der Waals surface area (Å²) in [4.78, 5) is 10.6. The fraction of sp³-hybridized carbons (Fsp3) is 0.286. The Morgan fingerprint density at radius 2 is 2.07 bits per heavy atom. The molecular weight excluding hydrogens is 350 g/mol. The van der Waals surface area contributed by atoms with Crippen molar-refractivity contribution in [3.05, 3.63) is 53.7 Å². The molecule has 0 spiro atoms. The minimum absolute atomic E-state index is 0.0611. The van der Waals surface area contributed by atoms with Gasteiger partial charge in [0.05, 0.1) is 23.7 Å². The molecule has 0 fully saturated rings. The largest absolute Gasteiger partial charge is 0.383 e. The molecule has 1 atom stereocenters. The summed E-state index contributed by atoms with van der Waals surface area (Å²) < 4.78 is 4.03. The minimum atomic E-state index is -0.0611. The summed E-state index contributed by atoms with van der Waals surface area (Å²) in [5, 5.41) is 5.52. The van der Waals surface area contributed by atoms with E-state index in [2.05, 4.69) is 50.2 Å². The second-order valence-electron chi connectivity index (χ2n) is 7.15. The van der Waals surface area contributed by atoms with E-state index in [0.717, 1.165) is 33.5 Å². The first-order valence-electron chi connectivity index (χ1n) is 9.16. The van der Waals surface area contributed by atoms with Crippen molar-refractivity contribution in [2.24, 2.45) is 0 Å². The van der Waals surface area contributed by atoms with E-state index < -0.39 is 0 Å². The SMILES string of the molecule is Cc1nn(C(C)c2cc3ccccn3c2C#CCN(C)C)c2ncnc(N)c12. The Morgan fingerprint density at radius 1 is 1.25 bits per heavy atom. The molecule has 4 rings (SSSR count). The second-order valence-corrected chi connectivity index (χ2v) is 7.15. The van der Waals surface area contributed by atoms with E-state index in [1.807, 2.05) is 44.0 Å². The van der Waals surface area contributed by atoms with Crippen LogP contribution in [0.4, 0.5) is 5.82 Å². The van der Waals surface area contributed by atoms with E-state index in [1.54, 1.807) is 0 Å². The molecule has 0 aliphatic heterocycles. The average molecular weight is 373 g/mol. The van der Waals surface area contributed by atoms with Crippen LogP contribution in [-0.2, 0) is 0 Å². The molecule has 0 amide bonds. The van der Waals surface area contributed by atoms with Crippen molar-refractivity contribution in [2.75, 3.05) is 26.4 Å². The highest BCUT2D eigenvalue weighted by Crippen LogP contribution is 2.29. The number of anilines is 1. The van der Waals surface area contributed by atoms with Gasteiger partial charge in [0.2, 0.25) is 0 Å². The summed E-state index contributed by atoms with van der Waals surface area (Å²) in [6, 6.07) is 8.23. The monoisotopic (exact) mass is 373 g/mol. The Kier molecular flexibility index (Phi) is 4.49. The van der Waals surface area contributed by atoms with Gasteiger partial charge in [-0.25, -0.2) is 14.6 Å². The Balaban J connectivity index is 1.89. The van der Waals surface area contributed by atoms with Crippen molar-refractivity contribution >= 4 is 22.4 Å². The molecule has 0 aliphatic rings. The number of pyridine rings is 1. The van der Waals surface area contributed by atoms with Gasteiger partial charge in [0.25, 0.3) is 0 Å². The van der Waals surface area contributed by atoms with Crippen LogP contribution >= 0.6 is 0 Å². The maximum absolute atomic E-state index is 6.06. The highest BCUT2D eigenvalue weighted by atomic mass is 15.3. The van der Waals surface area contributed by atoms with Gasteiger partial charge in [0.15, 0.2) is 5.65 Å². The Morgan fingerprint density at radius 3 is 2.86 bits per heavy atom. The second kappa shape index (κ2) is 6.98.